The van der Waals surface area contributed by atoms with Gasteiger partial charge in [-0.05, 0) is 19.1 Å². The van der Waals surface area contributed by atoms with Crippen LogP contribution in [0, 0.1) is 0 Å². The van der Waals surface area contributed by atoms with Crippen molar-refractivity contribution in [3.63, 3.8) is 0 Å². The van der Waals surface area contributed by atoms with Crippen LogP contribution in [0.4, 0.5) is 5.69 Å². The van der Waals surface area contributed by atoms with Crippen molar-refractivity contribution in [3.05, 3.63) is 29.0 Å². The highest BCUT2D eigenvalue weighted by Crippen LogP contribution is 2.31. The Morgan fingerprint density at radius 2 is 2.29 bits per heavy atom. The standard InChI is InChI=1S/C11H12ClN3O2/c1-2-16-6-9-14-11(17-15-9)10-7(12)4-3-5-8(10)13/h3-5H,2,6,13H2,1H3. The highest BCUT2D eigenvalue weighted by molar-refractivity contribution is 6.33. The van der Waals surface area contributed by atoms with Crippen LogP contribution in [-0.2, 0) is 11.3 Å². The lowest BCUT2D eigenvalue weighted by Gasteiger charge is -2.01. The average Bonchev–Trinajstić information content (AvgIpc) is 2.75. The fraction of sp³-hybridized carbons (Fsp3) is 0.273. The summed E-state index contributed by atoms with van der Waals surface area (Å²) >= 11 is 6.04. The molecule has 0 unspecified atom stereocenters. The summed E-state index contributed by atoms with van der Waals surface area (Å²) < 4.78 is 10.3. The SMILES string of the molecule is CCOCc1noc(-c2c(N)cccc2Cl)n1. The second kappa shape index (κ2) is 5.16. The van der Waals surface area contributed by atoms with Crippen LogP contribution in [0.25, 0.3) is 11.5 Å². The number of nitrogens with zero attached hydrogens (tertiary/aromatic N) is 2. The number of nitrogens with two attached hydrogens (primary N) is 1. The summed E-state index contributed by atoms with van der Waals surface area (Å²) in [6.45, 7) is 2.80. The summed E-state index contributed by atoms with van der Waals surface area (Å²) in [5.74, 6) is 0.781. The van der Waals surface area contributed by atoms with E-state index in [-0.39, 0.29) is 0 Å². The zero-order valence-corrected chi connectivity index (χ0v) is 10.1. The Balaban J connectivity index is 2.30. The first-order chi connectivity index (χ1) is 8.22. The summed E-state index contributed by atoms with van der Waals surface area (Å²) in [6.07, 6.45) is 0. The van der Waals surface area contributed by atoms with E-state index < -0.39 is 0 Å². The Kier molecular flexibility index (Phi) is 3.61. The molecule has 90 valence electrons. The lowest BCUT2D eigenvalue weighted by molar-refractivity contribution is 0.126. The number of nitrogen functional groups attached to an aromatic ring is 1. The van der Waals surface area contributed by atoms with Crippen LogP contribution in [-0.4, -0.2) is 16.7 Å². The van der Waals surface area contributed by atoms with Gasteiger partial charge in [0.25, 0.3) is 5.89 Å². The minimum absolute atomic E-state index is 0.308. The molecule has 0 radical (unpaired) electrons. The molecule has 0 spiro atoms. The number of rotatable bonds is 4. The molecule has 0 amide bonds. The Morgan fingerprint density at radius 3 is 3.00 bits per heavy atom. The van der Waals surface area contributed by atoms with Crippen molar-refractivity contribution in [2.75, 3.05) is 12.3 Å². The van der Waals surface area contributed by atoms with E-state index >= 15 is 0 Å². The highest BCUT2D eigenvalue weighted by atomic mass is 35.5. The van der Waals surface area contributed by atoms with Crippen molar-refractivity contribution in [3.8, 4) is 11.5 Å². The molecule has 0 atom stereocenters. The fourth-order valence-electron chi connectivity index (χ4n) is 1.37. The molecule has 1 aromatic carbocycles. The van der Waals surface area contributed by atoms with Crippen molar-refractivity contribution in [1.82, 2.24) is 10.1 Å². The fourth-order valence-corrected chi connectivity index (χ4v) is 1.64. The lowest BCUT2D eigenvalue weighted by Crippen LogP contribution is -1.94. The number of aromatic nitrogens is 2. The number of halogens is 1. The normalized spacial score (nSPS) is 10.7. The van der Waals surface area contributed by atoms with E-state index in [4.69, 9.17) is 26.6 Å². The van der Waals surface area contributed by atoms with Crippen LogP contribution < -0.4 is 5.73 Å². The third kappa shape index (κ3) is 2.57. The zero-order chi connectivity index (χ0) is 12.3. The van der Waals surface area contributed by atoms with Gasteiger partial charge < -0.3 is 15.0 Å². The molecule has 0 aliphatic heterocycles. The first-order valence-electron chi connectivity index (χ1n) is 5.17. The van der Waals surface area contributed by atoms with Crippen molar-refractivity contribution < 1.29 is 9.26 Å². The van der Waals surface area contributed by atoms with E-state index in [1.54, 1.807) is 18.2 Å². The van der Waals surface area contributed by atoms with E-state index in [1.165, 1.54) is 0 Å². The highest BCUT2D eigenvalue weighted by Gasteiger charge is 2.14. The third-order valence-corrected chi connectivity index (χ3v) is 2.48. The van der Waals surface area contributed by atoms with Crippen LogP contribution in [0.2, 0.25) is 5.02 Å². The smallest absolute Gasteiger partial charge is 0.261 e. The van der Waals surface area contributed by atoms with Gasteiger partial charge in [0, 0.05) is 12.3 Å². The van der Waals surface area contributed by atoms with Gasteiger partial charge in [-0.15, -0.1) is 0 Å². The van der Waals surface area contributed by atoms with Crippen LogP contribution in [0.3, 0.4) is 0 Å². The first-order valence-corrected chi connectivity index (χ1v) is 5.55. The number of hydrogen-bond donors (Lipinski definition) is 1. The molecule has 1 heterocycles. The summed E-state index contributed by atoms with van der Waals surface area (Å²) in [5, 5.41) is 4.27. The maximum atomic E-state index is 6.04. The van der Waals surface area contributed by atoms with Gasteiger partial charge in [-0.2, -0.15) is 4.98 Å². The molecule has 17 heavy (non-hydrogen) atoms. The predicted octanol–water partition coefficient (Wildman–Crippen LogP) is 2.51. The minimum atomic E-state index is 0.308. The van der Waals surface area contributed by atoms with Crippen LogP contribution in [0.1, 0.15) is 12.7 Å². The molecule has 2 N–H and O–H groups in total. The topological polar surface area (TPSA) is 74.2 Å². The summed E-state index contributed by atoms with van der Waals surface area (Å²) in [6, 6.07) is 5.21. The Morgan fingerprint density at radius 1 is 1.47 bits per heavy atom. The van der Waals surface area contributed by atoms with E-state index in [2.05, 4.69) is 10.1 Å². The second-order valence-electron chi connectivity index (χ2n) is 3.36. The largest absolute Gasteiger partial charge is 0.398 e. The van der Waals surface area contributed by atoms with Crippen LogP contribution in [0.15, 0.2) is 22.7 Å². The summed E-state index contributed by atoms with van der Waals surface area (Å²) in [5.41, 5.74) is 6.88. The van der Waals surface area contributed by atoms with E-state index in [9.17, 15) is 0 Å². The molecule has 0 aliphatic rings. The molecule has 5 nitrogen and oxygen atoms in total. The van der Waals surface area contributed by atoms with E-state index in [1.807, 2.05) is 6.92 Å². The lowest BCUT2D eigenvalue weighted by atomic mass is 10.2. The molecule has 2 rings (SSSR count). The Labute approximate surface area is 104 Å². The van der Waals surface area contributed by atoms with Gasteiger partial charge in [0.1, 0.15) is 6.61 Å². The van der Waals surface area contributed by atoms with Crippen molar-refractivity contribution in [2.24, 2.45) is 0 Å². The molecule has 6 heteroatoms. The quantitative estimate of drug-likeness (QED) is 0.848. The maximum absolute atomic E-state index is 6.04. The number of anilines is 1. The van der Waals surface area contributed by atoms with E-state index in [0.29, 0.717) is 41.2 Å². The molecule has 1 aromatic heterocycles. The van der Waals surface area contributed by atoms with E-state index in [0.717, 1.165) is 0 Å². The predicted molar refractivity (Wildman–Crippen MR) is 64.5 cm³/mol. The van der Waals surface area contributed by atoms with Gasteiger partial charge in [0.05, 0.1) is 10.6 Å². The molecule has 0 bridgehead atoms. The van der Waals surface area contributed by atoms with Gasteiger partial charge >= 0.3 is 0 Å². The maximum Gasteiger partial charge on any atom is 0.261 e. The summed E-state index contributed by atoms with van der Waals surface area (Å²) in [7, 11) is 0. The summed E-state index contributed by atoms with van der Waals surface area (Å²) in [4.78, 5) is 4.17. The average molecular weight is 254 g/mol. The number of benzene rings is 1. The number of hydrogen-bond acceptors (Lipinski definition) is 5. The molecular formula is C11H12ClN3O2. The molecule has 0 saturated heterocycles. The Hall–Kier alpha value is -1.59. The van der Waals surface area contributed by atoms with Crippen molar-refractivity contribution in [1.29, 1.82) is 0 Å². The molecule has 0 saturated carbocycles. The van der Waals surface area contributed by atoms with Crippen LogP contribution >= 0.6 is 11.6 Å². The van der Waals surface area contributed by atoms with Gasteiger partial charge in [0.2, 0.25) is 0 Å². The van der Waals surface area contributed by atoms with Gasteiger partial charge in [-0.25, -0.2) is 0 Å². The molecule has 2 aromatic rings. The van der Waals surface area contributed by atoms with Crippen LogP contribution in [0.5, 0.6) is 0 Å². The van der Waals surface area contributed by atoms with Gasteiger partial charge in [-0.3, -0.25) is 0 Å². The van der Waals surface area contributed by atoms with Crippen molar-refractivity contribution >= 4 is 17.3 Å². The van der Waals surface area contributed by atoms with Gasteiger partial charge in [-0.1, -0.05) is 22.8 Å². The Bertz CT molecular complexity index is 493. The molecule has 0 aliphatic carbocycles. The second-order valence-corrected chi connectivity index (χ2v) is 3.76. The van der Waals surface area contributed by atoms with Gasteiger partial charge in [0.15, 0.2) is 5.82 Å². The molecule has 0 fully saturated rings. The zero-order valence-electron chi connectivity index (χ0n) is 9.31. The first kappa shape index (κ1) is 11.9. The molecular weight excluding hydrogens is 242 g/mol. The van der Waals surface area contributed by atoms with Crippen molar-refractivity contribution in [2.45, 2.75) is 13.5 Å². The number of ether oxygens (including phenoxy) is 1. The monoisotopic (exact) mass is 253 g/mol. The third-order valence-electron chi connectivity index (χ3n) is 2.16. The minimum Gasteiger partial charge on any atom is -0.398 e.